The highest BCUT2D eigenvalue weighted by atomic mass is 32.2. The predicted octanol–water partition coefficient (Wildman–Crippen LogP) is -0.279. The molecule has 0 bridgehead atoms. The van der Waals surface area contributed by atoms with Crippen LogP contribution >= 0.6 is 0 Å². The lowest BCUT2D eigenvalue weighted by molar-refractivity contribution is -0.0282. The van der Waals surface area contributed by atoms with E-state index < -0.39 is 15.4 Å². The van der Waals surface area contributed by atoms with E-state index in [2.05, 4.69) is 15.1 Å². The van der Waals surface area contributed by atoms with Crippen molar-refractivity contribution >= 4 is 32.6 Å². The molecule has 37 heavy (non-hydrogen) atoms. The maximum atomic E-state index is 13.2. The van der Waals surface area contributed by atoms with Crippen molar-refractivity contribution < 1.29 is 18.3 Å². The summed E-state index contributed by atoms with van der Waals surface area (Å²) in [5.74, 6) is 0.193. The van der Waals surface area contributed by atoms with Gasteiger partial charge in [0.1, 0.15) is 11.7 Å². The van der Waals surface area contributed by atoms with Crippen LogP contribution in [0, 0.1) is 0 Å². The number of amides is 2. The number of hydrogen-bond acceptors (Lipinski definition) is 9. The van der Waals surface area contributed by atoms with Gasteiger partial charge in [-0.2, -0.15) is 5.10 Å². The van der Waals surface area contributed by atoms with Crippen LogP contribution in [-0.2, 0) is 16.4 Å². The van der Waals surface area contributed by atoms with Gasteiger partial charge >= 0.3 is 6.03 Å². The molecule has 5 rings (SSSR count). The minimum atomic E-state index is -3.00. The maximum Gasteiger partial charge on any atom is 0.319 e. The molecule has 2 fully saturated rings. The number of aromatic nitrogens is 5. The van der Waals surface area contributed by atoms with Crippen LogP contribution < -0.4 is 10.5 Å². The standard InChI is InChI=1S/C23H30N8O5S/c1-27(2)22(33)29-5-3-23(34,4-6-29)15-30-16-25-20-19(21(30)32)14-26-31(20)18-11-17(12-24-13-18)28-7-9-37(35,36)10-8-28/h11-14,16,34H,3-10,15H2,1-2H3. The zero-order chi connectivity index (χ0) is 26.4. The van der Waals surface area contributed by atoms with Crippen molar-refractivity contribution in [3.05, 3.63) is 41.3 Å². The summed E-state index contributed by atoms with van der Waals surface area (Å²) < 4.78 is 26.5. The van der Waals surface area contributed by atoms with Gasteiger partial charge in [-0.05, 0) is 18.9 Å². The summed E-state index contributed by atoms with van der Waals surface area (Å²) >= 11 is 0. The molecule has 13 nitrogen and oxygen atoms in total. The smallest absolute Gasteiger partial charge is 0.319 e. The van der Waals surface area contributed by atoms with E-state index in [0.717, 1.165) is 5.69 Å². The van der Waals surface area contributed by atoms with E-state index in [-0.39, 0.29) is 29.6 Å². The molecule has 2 aliphatic rings. The molecule has 5 heterocycles. The minimum absolute atomic E-state index is 0.0683. The Morgan fingerprint density at radius 3 is 2.43 bits per heavy atom. The molecule has 2 amide bonds. The van der Waals surface area contributed by atoms with Crippen LogP contribution in [-0.4, -0.2) is 111 Å². The van der Waals surface area contributed by atoms with Crippen LogP contribution in [0.3, 0.4) is 0 Å². The topological polar surface area (TPSA) is 147 Å². The molecule has 0 unspecified atom stereocenters. The number of sulfone groups is 1. The highest BCUT2D eigenvalue weighted by Gasteiger charge is 2.35. The maximum absolute atomic E-state index is 13.2. The molecule has 14 heteroatoms. The second-order valence-corrected chi connectivity index (χ2v) is 12.2. The third kappa shape index (κ3) is 5.03. The second kappa shape index (κ2) is 9.41. The van der Waals surface area contributed by atoms with Crippen LogP contribution in [0.5, 0.6) is 0 Å². The zero-order valence-electron chi connectivity index (χ0n) is 20.8. The van der Waals surface area contributed by atoms with Gasteiger partial charge in [-0.1, -0.05) is 0 Å². The lowest BCUT2D eigenvalue weighted by Gasteiger charge is -2.39. The molecule has 3 aromatic rings. The molecule has 2 saturated heterocycles. The Kier molecular flexibility index (Phi) is 6.40. The third-order valence-corrected chi connectivity index (χ3v) is 8.64. The van der Waals surface area contributed by atoms with E-state index in [1.165, 1.54) is 26.7 Å². The summed E-state index contributed by atoms with van der Waals surface area (Å²) in [6.45, 7) is 1.66. The van der Waals surface area contributed by atoms with Crippen molar-refractivity contribution in [3.8, 4) is 5.69 Å². The van der Waals surface area contributed by atoms with Crippen molar-refractivity contribution in [2.24, 2.45) is 0 Å². The molecule has 0 atom stereocenters. The van der Waals surface area contributed by atoms with Crippen LogP contribution in [0.1, 0.15) is 12.8 Å². The van der Waals surface area contributed by atoms with E-state index in [1.807, 2.05) is 11.0 Å². The van der Waals surface area contributed by atoms with Crippen LogP contribution in [0.4, 0.5) is 10.5 Å². The molecule has 2 aliphatic heterocycles. The largest absolute Gasteiger partial charge is 0.388 e. The van der Waals surface area contributed by atoms with Crippen molar-refractivity contribution in [1.29, 1.82) is 0 Å². The van der Waals surface area contributed by atoms with Crippen molar-refractivity contribution in [2.75, 3.05) is 56.7 Å². The van der Waals surface area contributed by atoms with Crippen molar-refractivity contribution in [1.82, 2.24) is 34.1 Å². The first-order valence-corrected chi connectivity index (χ1v) is 13.9. The first-order chi connectivity index (χ1) is 17.6. The van der Waals surface area contributed by atoms with E-state index in [4.69, 9.17) is 0 Å². The molecule has 198 valence electrons. The normalized spacial score (nSPS) is 19.2. The zero-order valence-corrected chi connectivity index (χ0v) is 21.6. The number of anilines is 1. The minimum Gasteiger partial charge on any atom is -0.388 e. The summed E-state index contributed by atoms with van der Waals surface area (Å²) in [4.78, 5) is 39.3. The van der Waals surface area contributed by atoms with E-state index >= 15 is 0 Å². The Labute approximate surface area is 213 Å². The summed E-state index contributed by atoms with van der Waals surface area (Å²) in [6, 6.07) is 1.74. The lowest BCUT2D eigenvalue weighted by Crippen LogP contribution is -2.51. The SMILES string of the molecule is CN(C)C(=O)N1CCC(O)(Cn2cnc3c(cnn3-c3cncc(N4CCS(=O)(=O)CC4)c3)c2=O)CC1. The van der Waals surface area contributed by atoms with Crippen LogP contribution in [0.2, 0.25) is 0 Å². The van der Waals surface area contributed by atoms with Gasteiger partial charge in [-0.15, -0.1) is 0 Å². The number of nitrogens with zero attached hydrogens (tertiary/aromatic N) is 8. The number of rotatable bonds is 4. The average Bonchev–Trinajstić information content (AvgIpc) is 3.31. The van der Waals surface area contributed by atoms with Gasteiger partial charge < -0.3 is 19.8 Å². The number of carbonyl (C=O) groups excluding carboxylic acids is 1. The van der Waals surface area contributed by atoms with Gasteiger partial charge in [-0.25, -0.2) is 22.9 Å². The molecule has 0 saturated carbocycles. The van der Waals surface area contributed by atoms with Gasteiger partial charge in [0.25, 0.3) is 5.56 Å². The summed E-state index contributed by atoms with van der Waals surface area (Å²) in [6.07, 6.45) is 6.84. The Hall–Kier alpha value is -3.52. The molecule has 0 aliphatic carbocycles. The fourth-order valence-corrected chi connectivity index (χ4v) is 6.00. The Bertz CT molecular complexity index is 1480. The number of pyridine rings is 1. The van der Waals surface area contributed by atoms with Crippen LogP contribution in [0.25, 0.3) is 16.7 Å². The number of urea groups is 1. The van der Waals surface area contributed by atoms with Gasteiger partial charge in [0, 0.05) is 40.3 Å². The summed E-state index contributed by atoms with van der Waals surface area (Å²) in [5.41, 5.74) is 0.285. The molecular weight excluding hydrogens is 500 g/mol. The van der Waals surface area contributed by atoms with E-state index in [1.54, 1.807) is 31.4 Å². The molecule has 0 radical (unpaired) electrons. The monoisotopic (exact) mass is 530 g/mol. The molecule has 0 aromatic carbocycles. The molecule has 0 spiro atoms. The van der Waals surface area contributed by atoms with Gasteiger partial charge in [-0.3, -0.25) is 14.3 Å². The number of likely N-dealkylation sites (tertiary alicyclic amines) is 1. The summed E-state index contributed by atoms with van der Waals surface area (Å²) in [5, 5.41) is 15.8. The van der Waals surface area contributed by atoms with Gasteiger partial charge in [0.05, 0.1) is 53.6 Å². The van der Waals surface area contributed by atoms with Gasteiger partial charge in [0.2, 0.25) is 0 Å². The van der Waals surface area contributed by atoms with Crippen molar-refractivity contribution in [3.63, 3.8) is 0 Å². The average molecular weight is 531 g/mol. The molecule has 3 aromatic heterocycles. The highest BCUT2D eigenvalue weighted by molar-refractivity contribution is 7.91. The van der Waals surface area contributed by atoms with Gasteiger partial charge in [0.15, 0.2) is 15.5 Å². The molecular formula is C23H30N8O5S. The number of hydrogen-bond donors (Lipinski definition) is 1. The Morgan fingerprint density at radius 2 is 1.76 bits per heavy atom. The summed E-state index contributed by atoms with van der Waals surface area (Å²) in [7, 11) is 0.378. The fraction of sp³-hybridized carbons (Fsp3) is 0.522. The quantitative estimate of drug-likeness (QED) is 0.481. The Balaban J connectivity index is 1.35. The van der Waals surface area contributed by atoms with E-state index in [9.17, 15) is 23.1 Å². The second-order valence-electron chi connectivity index (χ2n) is 9.90. The first kappa shape index (κ1) is 25.1. The van der Waals surface area contributed by atoms with Crippen LogP contribution in [0.15, 0.2) is 35.8 Å². The number of piperidine rings is 1. The Morgan fingerprint density at radius 1 is 1.08 bits per heavy atom. The molecule has 1 N–H and O–H groups in total. The van der Waals surface area contributed by atoms with E-state index in [0.29, 0.717) is 55.7 Å². The number of carbonyl (C=O) groups is 1. The lowest BCUT2D eigenvalue weighted by atomic mass is 9.91. The first-order valence-electron chi connectivity index (χ1n) is 12.1. The fourth-order valence-electron chi connectivity index (χ4n) is 4.80. The van der Waals surface area contributed by atoms with Crippen molar-refractivity contribution in [2.45, 2.75) is 25.0 Å². The highest BCUT2D eigenvalue weighted by Crippen LogP contribution is 2.25. The third-order valence-electron chi connectivity index (χ3n) is 7.03. The number of aliphatic hydroxyl groups is 1. The number of fused-ring (bicyclic) bond motifs is 1. The predicted molar refractivity (Wildman–Crippen MR) is 137 cm³/mol.